The van der Waals surface area contributed by atoms with E-state index < -0.39 is 0 Å². The lowest BCUT2D eigenvalue weighted by Crippen LogP contribution is -2.22. The van der Waals surface area contributed by atoms with Crippen LogP contribution in [0.25, 0.3) is 0 Å². The summed E-state index contributed by atoms with van der Waals surface area (Å²) < 4.78 is 0. The maximum Gasteiger partial charge on any atom is 0.321 e. The Balaban J connectivity index is 4.15. The van der Waals surface area contributed by atoms with Crippen LogP contribution in [-0.2, 0) is 9.68 Å². The molecule has 4 nitrogen and oxygen atoms in total. The van der Waals surface area contributed by atoms with Gasteiger partial charge in [-0.05, 0) is 39.7 Å². The predicted octanol–water partition coefficient (Wildman–Crippen LogP) is 3.46. The van der Waals surface area contributed by atoms with E-state index in [4.69, 9.17) is 9.68 Å². The SMILES string of the molecule is CC=CC(C)(CC)ON=[Si]=NOC(C)CC. The van der Waals surface area contributed by atoms with Crippen molar-refractivity contribution in [1.82, 2.24) is 0 Å². The van der Waals surface area contributed by atoms with Crippen LogP contribution in [0.1, 0.15) is 47.5 Å². The average molecular weight is 242 g/mol. The van der Waals surface area contributed by atoms with E-state index in [2.05, 4.69) is 23.4 Å². The summed E-state index contributed by atoms with van der Waals surface area (Å²) in [6.45, 7) is 10.1. The largest absolute Gasteiger partial charge is 0.393 e. The third kappa shape index (κ3) is 6.61. The second-order valence-electron chi connectivity index (χ2n) is 3.86. The van der Waals surface area contributed by atoms with Crippen molar-refractivity contribution in [1.29, 1.82) is 0 Å². The standard InChI is InChI=1S/C11H22N2O2Si/c1-6-9-11(5,8-3)15-13-16-12-14-10(4)7-2/h6,9-10H,7-8H2,1-5H3. The molecule has 0 aromatic rings. The molecule has 0 aromatic heterocycles. The molecule has 0 radical (unpaired) electrons. The molecule has 92 valence electrons. The second-order valence-corrected chi connectivity index (χ2v) is 4.43. The summed E-state index contributed by atoms with van der Waals surface area (Å²) >= 11 is 0. The molecule has 0 bridgehead atoms. The van der Waals surface area contributed by atoms with Crippen molar-refractivity contribution >= 4 is 9.10 Å². The fourth-order valence-electron chi connectivity index (χ4n) is 0.895. The van der Waals surface area contributed by atoms with Gasteiger partial charge in [-0.2, -0.15) is 0 Å². The maximum atomic E-state index is 5.41. The van der Waals surface area contributed by atoms with Gasteiger partial charge < -0.3 is 9.68 Å². The molecule has 0 aromatic carbocycles. The lowest BCUT2D eigenvalue weighted by Gasteiger charge is -2.20. The monoisotopic (exact) mass is 242 g/mol. The highest BCUT2D eigenvalue weighted by Gasteiger charge is 2.19. The molecule has 0 saturated carbocycles. The van der Waals surface area contributed by atoms with Crippen LogP contribution >= 0.6 is 0 Å². The second kappa shape index (κ2) is 8.33. The lowest BCUT2D eigenvalue weighted by molar-refractivity contribution is 0.00814. The topological polar surface area (TPSA) is 43.2 Å². The van der Waals surface area contributed by atoms with Crippen molar-refractivity contribution in [3.8, 4) is 0 Å². The summed E-state index contributed by atoms with van der Waals surface area (Å²) in [4.78, 5) is 18.3. The molecule has 0 aliphatic heterocycles. The molecular weight excluding hydrogens is 220 g/mol. The van der Waals surface area contributed by atoms with Gasteiger partial charge in [0.15, 0.2) is 5.60 Å². The van der Waals surface area contributed by atoms with Crippen LogP contribution in [-0.4, -0.2) is 20.8 Å². The number of nitrogens with zero attached hydrogens (tertiary/aromatic N) is 2. The third-order valence-corrected chi connectivity index (χ3v) is 2.72. The van der Waals surface area contributed by atoms with Gasteiger partial charge in [-0.15, -0.1) is 0 Å². The van der Waals surface area contributed by atoms with Crippen molar-refractivity contribution in [2.24, 2.45) is 9.59 Å². The summed E-state index contributed by atoms with van der Waals surface area (Å²) in [5, 5.41) is 0. The van der Waals surface area contributed by atoms with Crippen LogP contribution in [0.2, 0.25) is 0 Å². The van der Waals surface area contributed by atoms with E-state index in [1.165, 1.54) is 0 Å². The molecule has 16 heavy (non-hydrogen) atoms. The fraction of sp³-hybridized carbons (Fsp3) is 0.818. The van der Waals surface area contributed by atoms with E-state index in [-0.39, 0.29) is 20.8 Å². The molecule has 0 rings (SSSR count). The highest BCUT2D eigenvalue weighted by atomic mass is 28.2. The van der Waals surface area contributed by atoms with E-state index >= 15 is 0 Å². The number of hydrogen-bond acceptors (Lipinski definition) is 4. The zero-order chi connectivity index (χ0) is 12.4. The van der Waals surface area contributed by atoms with Crippen molar-refractivity contribution in [3.05, 3.63) is 12.2 Å². The highest BCUT2D eigenvalue weighted by molar-refractivity contribution is 6.05. The summed E-state index contributed by atoms with van der Waals surface area (Å²) in [7, 11) is -0.0193. The quantitative estimate of drug-likeness (QED) is 0.390. The molecule has 5 heteroatoms. The first-order valence-corrected chi connectivity index (χ1v) is 6.60. The van der Waals surface area contributed by atoms with Crippen LogP contribution in [0.15, 0.2) is 21.7 Å². The predicted molar refractivity (Wildman–Crippen MR) is 66.0 cm³/mol. The van der Waals surface area contributed by atoms with Crippen LogP contribution in [0.5, 0.6) is 0 Å². The molecule has 0 amide bonds. The van der Waals surface area contributed by atoms with Crippen molar-refractivity contribution in [2.45, 2.75) is 59.2 Å². The highest BCUT2D eigenvalue weighted by Crippen LogP contribution is 2.16. The summed E-state index contributed by atoms with van der Waals surface area (Å²) in [6, 6.07) is 0. The van der Waals surface area contributed by atoms with Gasteiger partial charge in [0.05, 0.1) is 0 Å². The first-order chi connectivity index (χ1) is 7.58. The smallest absolute Gasteiger partial charge is 0.321 e. The minimum absolute atomic E-state index is 0.0193. The Morgan fingerprint density at radius 3 is 2.56 bits per heavy atom. The molecule has 0 heterocycles. The Kier molecular flexibility index (Phi) is 7.89. The summed E-state index contributed by atoms with van der Waals surface area (Å²) in [5.41, 5.74) is -0.326. The molecule has 0 fully saturated rings. The van der Waals surface area contributed by atoms with Crippen LogP contribution in [0, 0.1) is 0 Å². The van der Waals surface area contributed by atoms with E-state index in [0.29, 0.717) is 0 Å². The zero-order valence-electron chi connectivity index (χ0n) is 10.9. The minimum atomic E-state index is -0.326. The van der Waals surface area contributed by atoms with Crippen LogP contribution < -0.4 is 0 Å². The number of hydrogen-bond donors (Lipinski definition) is 0. The molecule has 0 saturated heterocycles. The average Bonchev–Trinajstić information content (AvgIpc) is 2.28. The molecule has 0 aliphatic carbocycles. The molecule has 2 unspecified atom stereocenters. The van der Waals surface area contributed by atoms with Gasteiger partial charge in [-0.3, -0.25) is 0 Å². The van der Waals surface area contributed by atoms with Crippen molar-refractivity contribution in [2.75, 3.05) is 0 Å². The van der Waals surface area contributed by atoms with Crippen molar-refractivity contribution in [3.63, 3.8) is 0 Å². The van der Waals surface area contributed by atoms with Gasteiger partial charge >= 0.3 is 9.10 Å². The van der Waals surface area contributed by atoms with Gasteiger partial charge in [0.1, 0.15) is 6.10 Å². The molecule has 0 aliphatic rings. The fourth-order valence-corrected chi connectivity index (χ4v) is 1.40. The number of allylic oxidation sites excluding steroid dienone is 1. The van der Waals surface area contributed by atoms with Crippen LogP contribution in [0.3, 0.4) is 0 Å². The van der Waals surface area contributed by atoms with E-state index in [1.807, 2.05) is 32.9 Å². The Hall–Kier alpha value is -0.843. The number of rotatable bonds is 7. The Morgan fingerprint density at radius 1 is 1.38 bits per heavy atom. The van der Waals surface area contributed by atoms with Crippen molar-refractivity contribution < 1.29 is 9.68 Å². The molecule has 2 atom stereocenters. The van der Waals surface area contributed by atoms with Gasteiger partial charge in [0.25, 0.3) is 0 Å². The Morgan fingerprint density at radius 2 is 2.06 bits per heavy atom. The Labute approximate surface area is 100 Å². The molecule has 0 N–H and O–H groups in total. The van der Waals surface area contributed by atoms with Gasteiger partial charge in [0.2, 0.25) is 0 Å². The maximum absolute atomic E-state index is 5.41. The normalized spacial score (nSPS) is 16.1. The Bertz CT molecular complexity index is 275. The van der Waals surface area contributed by atoms with Gasteiger partial charge in [-0.25, -0.2) is 0 Å². The lowest BCUT2D eigenvalue weighted by atomic mass is 10.0. The van der Waals surface area contributed by atoms with E-state index in [9.17, 15) is 0 Å². The third-order valence-electron chi connectivity index (χ3n) is 2.36. The van der Waals surface area contributed by atoms with Gasteiger partial charge in [-0.1, -0.05) is 29.5 Å². The minimum Gasteiger partial charge on any atom is -0.393 e. The van der Waals surface area contributed by atoms with Crippen LogP contribution in [0.4, 0.5) is 0 Å². The van der Waals surface area contributed by atoms with E-state index in [1.54, 1.807) is 0 Å². The molecular formula is C11H22N2O2Si. The van der Waals surface area contributed by atoms with Gasteiger partial charge in [0, 0.05) is 0 Å². The first kappa shape index (κ1) is 15.2. The van der Waals surface area contributed by atoms with E-state index in [0.717, 1.165) is 12.8 Å². The molecule has 0 spiro atoms. The zero-order valence-corrected chi connectivity index (χ0v) is 11.9. The summed E-state index contributed by atoms with van der Waals surface area (Å²) in [5.74, 6) is 0. The summed E-state index contributed by atoms with van der Waals surface area (Å²) in [6.07, 6.45) is 5.93. The first-order valence-electron chi connectivity index (χ1n) is 5.70.